The third-order valence-corrected chi connectivity index (χ3v) is 9.38. The largest absolute Gasteiger partial charge is 0.415 e. The van der Waals surface area contributed by atoms with Crippen LogP contribution >= 0.6 is 11.6 Å². The summed E-state index contributed by atoms with van der Waals surface area (Å²) in [5, 5.41) is 2.00. The molecule has 148 valence electrons. The second-order valence-electron chi connectivity index (χ2n) is 7.84. The van der Waals surface area contributed by atoms with Gasteiger partial charge in [-0.2, -0.15) is 13.2 Å². The summed E-state index contributed by atoms with van der Waals surface area (Å²) in [6.45, 7) is 9.13. The maximum atomic E-state index is 13.9. The van der Waals surface area contributed by atoms with Gasteiger partial charge in [-0.15, -0.1) is 11.6 Å². The summed E-state index contributed by atoms with van der Waals surface area (Å²) in [5.74, 6) is -1.06. The van der Waals surface area contributed by atoms with Gasteiger partial charge in [0.15, 0.2) is 14.4 Å². The van der Waals surface area contributed by atoms with E-state index in [0.717, 1.165) is 0 Å². The zero-order valence-electron chi connectivity index (χ0n) is 15.8. The lowest BCUT2D eigenvalue weighted by atomic mass is 10.0. The molecule has 0 aliphatic carbocycles. The Morgan fingerprint density at radius 1 is 1.19 bits per heavy atom. The number of halogens is 4. The Morgan fingerprint density at radius 2 is 1.73 bits per heavy atom. The summed E-state index contributed by atoms with van der Waals surface area (Å²) >= 11 is 5.50. The molecule has 0 saturated heterocycles. The number of amides is 1. The van der Waals surface area contributed by atoms with E-state index in [2.05, 4.69) is 5.32 Å². The highest BCUT2D eigenvalue weighted by Gasteiger charge is 2.51. The summed E-state index contributed by atoms with van der Waals surface area (Å²) in [7, 11) is -2.72. The normalized spacial score (nSPS) is 15.4. The van der Waals surface area contributed by atoms with Crippen LogP contribution in [0.4, 0.5) is 13.2 Å². The van der Waals surface area contributed by atoms with Crippen molar-refractivity contribution in [2.24, 2.45) is 0 Å². The first-order chi connectivity index (χ1) is 11.8. The molecule has 0 fully saturated rings. The Bertz CT molecular complexity index is 588. The highest BCUT2D eigenvalue weighted by atomic mass is 35.5. The zero-order valence-corrected chi connectivity index (χ0v) is 17.5. The van der Waals surface area contributed by atoms with Gasteiger partial charge in [-0.05, 0) is 30.1 Å². The molecule has 1 N–H and O–H groups in total. The van der Waals surface area contributed by atoms with Crippen molar-refractivity contribution in [3.05, 3.63) is 35.9 Å². The van der Waals surface area contributed by atoms with Crippen LogP contribution in [0.3, 0.4) is 0 Å². The van der Waals surface area contributed by atoms with Gasteiger partial charge in [0.05, 0.1) is 6.04 Å². The Balaban J connectivity index is 3.22. The third kappa shape index (κ3) is 6.59. The summed E-state index contributed by atoms with van der Waals surface area (Å²) in [6, 6.07) is 7.46. The predicted molar refractivity (Wildman–Crippen MR) is 101 cm³/mol. The van der Waals surface area contributed by atoms with Crippen LogP contribution < -0.4 is 5.32 Å². The molecule has 26 heavy (non-hydrogen) atoms. The number of hydrogen-bond acceptors (Lipinski definition) is 2. The molecule has 0 heterocycles. The minimum Gasteiger partial charge on any atom is -0.404 e. The highest BCUT2D eigenvalue weighted by molar-refractivity contribution is 6.74. The van der Waals surface area contributed by atoms with Crippen LogP contribution in [0.25, 0.3) is 0 Å². The molecule has 1 rings (SSSR count). The smallest absolute Gasteiger partial charge is 0.404 e. The Labute approximate surface area is 159 Å². The number of rotatable bonds is 7. The van der Waals surface area contributed by atoms with Gasteiger partial charge < -0.3 is 9.74 Å². The minimum atomic E-state index is -4.62. The van der Waals surface area contributed by atoms with Crippen molar-refractivity contribution >= 4 is 25.8 Å². The SMILES string of the molecule is CC(C)(C)[Si](C)(C)OC(C(Cc1ccccc1)NC(=O)CCl)C(F)(F)F. The van der Waals surface area contributed by atoms with Crippen LogP contribution in [-0.4, -0.2) is 38.4 Å². The van der Waals surface area contributed by atoms with Crippen molar-refractivity contribution in [3.8, 4) is 0 Å². The molecule has 1 amide bonds. The van der Waals surface area contributed by atoms with E-state index in [1.165, 1.54) is 0 Å². The van der Waals surface area contributed by atoms with Crippen LogP contribution in [0, 0.1) is 0 Å². The summed E-state index contributed by atoms with van der Waals surface area (Å²) in [4.78, 5) is 11.8. The van der Waals surface area contributed by atoms with E-state index >= 15 is 0 Å². The fourth-order valence-electron chi connectivity index (χ4n) is 2.22. The van der Waals surface area contributed by atoms with Gasteiger partial charge in [-0.3, -0.25) is 4.79 Å². The Kier molecular flexibility index (Phi) is 7.74. The quantitative estimate of drug-likeness (QED) is 0.513. The standard InChI is InChI=1S/C18H27ClF3NO2Si/c1-17(2,3)26(4,5)25-16(18(20,21)22)14(23-15(24)12-19)11-13-9-7-6-8-10-13/h6-10,14,16H,11-12H2,1-5H3,(H,23,24). The molecule has 0 spiro atoms. The first kappa shape index (κ1) is 23.0. The molecular formula is C18H27ClF3NO2Si. The number of hydrogen-bond donors (Lipinski definition) is 1. The van der Waals surface area contributed by atoms with Crippen molar-refractivity contribution in [1.82, 2.24) is 5.32 Å². The van der Waals surface area contributed by atoms with E-state index in [4.69, 9.17) is 16.0 Å². The van der Waals surface area contributed by atoms with Crippen molar-refractivity contribution < 1.29 is 22.4 Å². The molecule has 0 aromatic heterocycles. The van der Waals surface area contributed by atoms with Crippen LogP contribution in [-0.2, 0) is 15.6 Å². The van der Waals surface area contributed by atoms with Crippen LogP contribution in [0.5, 0.6) is 0 Å². The van der Waals surface area contributed by atoms with E-state index in [1.54, 1.807) is 43.4 Å². The van der Waals surface area contributed by atoms with Crippen LogP contribution in [0.1, 0.15) is 26.3 Å². The molecule has 3 nitrogen and oxygen atoms in total. The molecule has 0 aliphatic rings. The number of nitrogens with one attached hydrogen (secondary N) is 1. The second-order valence-corrected chi connectivity index (χ2v) is 12.9. The summed E-state index contributed by atoms with van der Waals surface area (Å²) in [6.07, 6.45) is -6.72. The number of benzene rings is 1. The maximum Gasteiger partial charge on any atom is 0.415 e. The van der Waals surface area contributed by atoms with E-state index in [9.17, 15) is 18.0 Å². The maximum absolute atomic E-state index is 13.9. The molecule has 2 atom stereocenters. The molecule has 0 bridgehead atoms. The van der Waals surface area contributed by atoms with Gasteiger partial charge in [-0.25, -0.2) is 0 Å². The van der Waals surface area contributed by atoms with Crippen molar-refractivity contribution in [1.29, 1.82) is 0 Å². The Morgan fingerprint density at radius 3 is 2.15 bits per heavy atom. The topological polar surface area (TPSA) is 38.3 Å². The molecule has 1 aromatic rings. The molecule has 0 saturated carbocycles. The van der Waals surface area contributed by atoms with Gasteiger partial charge in [0.25, 0.3) is 0 Å². The monoisotopic (exact) mass is 409 g/mol. The predicted octanol–water partition coefficient (Wildman–Crippen LogP) is 4.91. The van der Waals surface area contributed by atoms with Gasteiger partial charge in [0, 0.05) is 0 Å². The number of carbonyl (C=O) groups is 1. The van der Waals surface area contributed by atoms with E-state index < -0.39 is 43.5 Å². The van der Waals surface area contributed by atoms with Gasteiger partial charge in [-0.1, -0.05) is 51.1 Å². The molecule has 8 heteroatoms. The first-order valence-corrected chi connectivity index (χ1v) is 11.9. The van der Waals surface area contributed by atoms with Crippen molar-refractivity contribution in [3.63, 3.8) is 0 Å². The average Bonchev–Trinajstić information content (AvgIpc) is 2.50. The number of alkyl halides is 4. The lowest BCUT2D eigenvalue weighted by Crippen LogP contribution is -2.58. The Hall–Kier alpha value is -1.05. The van der Waals surface area contributed by atoms with Gasteiger partial charge in [0.2, 0.25) is 5.91 Å². The third-order valence-electron chi connectivity index (χ3n) is 4.68. The fourth-order valence-corrected chi connectivity index (χ4v) is 3.58. The van der Waals surface area contributed by atoms with E-state index in [0.29, 0.717) is 5.56 Å². The molecule has 1 aromatic carbocycles. The van der Waals surface area contributed by atoms with Crippen molar-refractivity contribution in [2.75, 3.05) is 5.88 Å². The van der Waals surface area contributed by atoms with E-state index in [1.807, 2.05) is 20.8 Å². The lowest BCUT2D eigenvalue weighted by molar-refractivity contribution is -0.206. The van der Waals surface area contributed by atoms with Crippen molar-refractivity contribution in [2.45, 2.75) is 63.6 Å². The fraction of sp³-hybridized carbons (Fsp3) is 0.611. The second kappa shape index (κ2) is 8.76. The van der Waals surface area contributed by atoms with Gasteiger partial charge >= 0.3 is 6.18 Å². The summed E-state index contributed by atoms with van der Waals surface area (Å²) < 4.78 is 47.3. The molecular weight excluding hydrogens is 383 g/mol. The van der Waals surface area contributed by atoms with Crippen LogP contribution in [0.2, 0.25) is 18.1 Å². The lowest BCUT2D eigenvalue weighted by Gasteiger charge is -2.42. The summed E-state index contributed by atoms with van der Waals surface area (Å²) in [5.41, 5.74) is 0.681. The minimum absolute atomic E-state index is 0.00225. The highest BCUT2D eigenvalue weighted by Crippen LogP contribution is 2.40. The molecule has 0 aliphatic heterocycles. The van der Waals surface area contributed by atoms with Gasteiger partial charge in [0.1, 0.15) is 5.88 Å². The first-order valence-electron chi connectivity index (χ1n) is 8.41. The zero-order chi connectivity index (χ0) is 20.2. The van der Waals surface area contributed by atoms with E-state index in [-0.39, 0.29) is 6.42 Å². The molecule has 0 radical (unpaired) electrons. The number of carbonyl (C=O) groups excluding carboxylic acids is 1. The average molecular weight is 410 g/mol. The molecule has 2 unspecified atom stereocenters. The van der Waals surface area contributed by atoms with Crippen LogP contribution in [0.15, 0.2) is 30.3 Å².